The minimum absolute atomic E-state index is 0.00769. The quantitative estimate of drug-likeness (QED) is 0.0121. The molecule has 530 valence electrons. The number of carbonyl (C=O) groups excluding carboxylic acids is 3. The van der Waals surface area contributed by atoms with Gasteiger partial charge >= 0.3 is 18.4 Å². The van der Waals surface area contributed by atoms with Crippen LogP contribution < -0.4 is 37.7 Å². The molecule has 0 spiro atoms. The summed E-state index contributed by atoms with van der Waals surface area (Å²) in [6.07, 6.45) is -5.60. The smallest absolute Gasteiger partial charge is 0.377 e. The first-order valence-electron chi connectivity index (χ1n) is 31.4. The molecule has 25 nitrogen and oxygen atoms in total. The summed E-state index contributed by atoms with van der Waals surface area (Å²) in [7, 11) is 0. The van der Waals surface area contributed by atoms with Crippen molar-refractivity contribution in [3.8, 4) is 40.5 Å². The highest BCUT2D eigenvalue weighted by Gasteiger charge is 2.33. The molecular formula is C69H74F6N12O13. The molecule has 0 aliphatic carbocycles. The fourth-order valence-electron chi connectivity index (χ4n) is 9.71. The molecule has 0 unspecified atom stereocenters. The van der Waals surface area contributed by atoms with Crippen LogP contribution in [0.1, 0.15) is 59.9 Å². The van der Waals surface area contributed by atoms with Crippen LogP contribution in [0.25, 0.3) is 34.0 Å². The molecule has 0 radical (unpaired) electrons. The number of benzene rings is 4. The average Bonchev–Trinajstić information content (AvgIpc) is 1.10. The van der Waals surface area contributed by atoms with Gasteiger partial charge < -0.3 is 69.9 Å². The van der Waals surface area contributed by atoms with Gasteiger partial charge in [-0.3, -0.25) is 28.3 Å². The predicted molar refractivity (Wildman–Crippen MR) is 355 cm³/mol. The third kappa shape index (κ3) is 23.1. The van der Waals surface area contributed by atoms with Crippen molar-refractivity contribution in [2.45, 2.75) is 26.2 Å². The Hall–Kier alpha value is -10.4. The molecule has 0 aliphatic rings. The van der Waals surface area contributed by atoms with Crippen LogP contribution in [0.4, 0.5) is 36.8 Å². The standard InChI is InChI=1S/C69H74F6N12O13/c1-47-57(61(17-19-76)84-53-13-9-49(45-77)10-14-53)43-59(65(90)85(47)55-7-3-5-51(41-55)68(70,71)72)63(88)79-21-25-93-29-33-97-37-39-99-35-31-95-27-23-81-67(92)82-24-28-96-32-36-100-40-38-98-34-30-94-26-22-80-64(89)60-44-58(62-18-20-83-87(62)54-15-11-50(46-78)12-16-54)48(2)86(66(60)91)56-8-4-6-52(42-56)69(73,74)75/h3-20,41-44,76,84H,21-40H2,1-2H3,(H,79,88)(H,80,89)(H2,81,82,92)/b61-17-,76-19?. The van der Waals surface area contributed by atoms with E-state index in [2.05, 4.69) is 31.7 Å². The van der Waals surface area contributed by atoms with Crippen molar-refractivity contribution in [2.75, 3.05) is 137 Å². The summed E-state index contributed by atoms with van der Waals surface area (Å²) in [5.41, 5.74) is -1.14. The lowest BCUT2D eigenvalue weighted by atomic mass is 10.0. The number of aromatic nitrogens is 4. The highest BCUT2D eigenvalue weighted by Crippen LogP contribution is 2.34. The zero-order chi connectivity index (χ0) is 71.9. The Morgan fingerprint density at radius 2 is 0.900 bits per heavy atom. The molecule has 100 heavy (non-hydrogen) atoms. The van der Waals surface area contributed by atoms with Gasteiger partial charge in [-0.25, -0.2) is 9.48 Å². The van der Waals surface area contributed by atoms with Crippen LogP contribution in [-0.4, -0.2) is 175 Å². The van der Waals surface area contributed by atoms with Gasteiger partial charge in [0, 0.05) is 77.7 Å². The fraction of sp³-hybridized carbons (Fsp3) is 0.348. The first-order chi connectivity index (χ1) is 48.2. The normalized spacial score (nSPS) is 11.6. The maximum atomic E-state index is 14.0. The van der Waals surface area contributed by atoms with Crippen molar-refractivity contribution in [1.82, 2.24) is 40.2 Å². The third-order valence-corrected chi connectivity index (χ3v) is 14.6. The lowest BCUT2D eigenvalue weighted by Gasteiger charge is -2.20. The highest BCUT2D eigenvalue weighted by atomic mass is 19.4. The second-order valence-corrected chi connectivity index (χ2v) is 21.4. The molecule has 0 saturated heterocycles. The molecule has 3 aromatic heterocycles. The zero-order valence-electron chi connectivity index (χ0n) is 54.6. The molecule has 0 fully saturated rings. The molecule has 7 aromatic rings. The molecular weight excluding hydrogens is 1320 g/mol. The van der Waals surface area contributed by atoms with E-state index in [9.17, 15) is 60.8 Å². The maximum absolute atomic E-state index is 14.0. The van der Waals surface area contributed by atoms with E-state index in [4.69, 9.17) is 43.3 Å². The number of alkyl halides is 6. The molecule has 0 saturated carbocycles. The van der Waals surface area contributed by atoms with Crippen LogP contribution in [0.15, 0.2) is 137 Å². The van der Waals surface area contributed by atoms with Crippen LogP contribution in [0.2, 0.25) is 0 Å². The number of nitrogens with one attached hydrogen (secondary N) is 6. The second kappa shape index (κ2) is 39.3. The minimum Gasteiger partial charge on any atom is -0.377 e. The Kier molecular flexibility index (Phi) is 30.3. The molecule has 31 heteroatoms. The number of allylic oxidation sites excluding steroid dienone is 1. The zero-order valence-corrected chi connectivity index (χ0v) is 54.6. The number of rotatable bonds is 40. The fourth-order valence-corrected chi connectivity index (χ4v) is 9.71. The Bertz CT molecular complexity index is 4110. The molecule has 0 bridgehead atoms. The average molecular weight is 1390 g/mol. The van der Waals surface area contributed by atoms with Crippen molar-refractivity contribution in [3.05, 3.63) is 199 Å². The van der Waals surface area contributed by atoms with Crippen molar-refractivity contribution in [1.29, 1.82) is 15.9 Å². The maximum Gasteiger partial charge on any atom is 0.416 e. The molecule has 4 aromatic carbocycles. The van der Waals surface area contributed by atoms with Crippen LogP contribution in [0.3, 0.4) is 0 Å². The number of nitrogens with zero attached hydrogens (tertiary/aromatic N) is 6. The molecule has 3 heterocycles. The molecule has 6 N–H and O–H groups in total. The number of halogens is 6. The van der Waals surface area contributed by atoms with Gasteiger partial charge in [-0.1, -0.05) is 12.1 Å². The largest absolute Gasteiger partial charge is 0.416 e. The van der Waals surface area contributed by atoms with Crippen molar-refractivity contribution >= 4 is 35.4 Å². The van der Waals surface area contributed by atoms with Crippen molar-refractivity contribution < 1.29 is 78.6 Å². The van der Waals surface area contributed by atoms with Gasteiger partial charge in [0.15, 0.2) is 0 Å². The molecule has 0 aliphatic heterocycles. The van der Waals surface area contributed by atoms with Gasteiger partial charge in [0.25, 0.3) is 22.9 Å². The van der Waals surface area contributed by atoms with E-state index >= 15 is 0 Å². The summed E-state index contributed by atoms with van der Waals surface area (Å²) >= 11 is 0. The molecule has 0 atom stereocenters. The lowest BCUT2D eigenvalue weighted by Crippen LogP contribution is -2.39. The number of nitriles is 2. The van der Waals surface area contributed by atoms with E-state index in [0.717, 1.165) is 45.7 Å². The third-order valence-electron chi connectivity index (χ3n) is 14.6. The molecule has 7 rings (SSSR count). The predicted octanol–water partition coefficient (Wildman–Crippen LogP) is 7.93. The molecule has 4 amide bonds. The van der Waals surface area contributed by atoms with Crippen LogP contribution in [0.5, 0.6) is 0 Å². The van der Waals surface area contributed by atoms with Gasteiger partial charge in [-0.05, 0) is 123 Å². The minimum atomic E-state index is -4.72. The Morgan fingerprint density at radius 3 is 1.32 bits per heavy atom. The number of anilines is 1. The number of ether oxygens (including phenoxy) is 8. The Labute approximate surface area is 570 Å². The number of amides is 4. The van der Waals surface area contributed by atoms with Gasteiger partial charge in [-0.2, -0.15) is 42.0 Å². The summed E-state index contributed by atoms with van der Waals surface area (Å²) in [5.74, 6) is -1.60. The number of hydrogen-bond acceptors (Lipinski definition) is 18. The van der Waals surface area contributed by atoms with Gasteiger partial charge in [-0.15, -0.1) is 0 Å². The van der Waals surface area contributed by atoms with Crippen LogP contribution >= 0.6 is 0 Å². The van der Waals surface area contributed by atoms with E-state index in [-0.39, 0.29) is 177 Å². The van der Waals surface area contributed by atoms with E-state index < -0.39 is 52.4 Å². The first kappa shape index (κ1) is 77.0. The summed E-state index contributed by atoms with van der Waals surface area (Å²) in [6.45, 7) is 7.00. The van der Waals surface area contributed by atoms with Crippen molar-refractivity contribution in [2.24, 2.45) is 0 Å². The summed E-state index contributed by atoms with van der Waals surface area (Å²) in [6, 6.07) is 29.2. The van der Waals surface area contributed by atoms with E-state index in [1.807, 2.05) is 12.1 Å². The van der Waals surface area contributed by atoms with Gasteiger partial charge in [0.05, 0.1) is 158 Å². The van der Waals surface area contributed by atoms with Crippen LogP contribution in [0, 0.1) is 41.9 Å². The van der Waals surface area contributed by atoms with Crippen molar-refractivity contribution in [3.63, 3.8) is 0 Å². The number of hydrogen-bond donors (Lipinski definition) is 6. The Morgan fingerprint density at radius 1 is 0.500 bits per heavy atom. The topological polar surface area (TPSA) is 318 Å². The lowest BCUT2D eigenvalue weighted by molar-refractivity contribution is -0.138. The number of urea groups is 1. The van der Waals surface area contributed by atoms with E-state index in [1.165, 1.54) is 54.2 Å². The first-order valence-corrected chi connectivity index (χ1v) is 31.4. The SMILES string of the molecule is Cc1c(/C(=C/C=N)Nc2ccc(C#N)cc2)cc(C(=O)NCCOCCOCCOCCOCCNC(=O)NCCOCCOCCOCCOCCNC(=O)c2cc(-c3ccnn3-c3ccc(C#N)cc3)c(C)n(-c3cccc(C(F)(F)F)c3)c2=O)c(=O)n1-c1cccc(C(F)(F)F)c1. The summed E-state index contributed by atoms with van der Waals surface area (Å²) in [4.78, 5) is 67.2. The highest BCUT2D eigenvalue weighted by molar-refractivity contribution is 5.97. The van der Waals surface area contributed by atoms with Gasteiger partial charge in [0.1, 0.15) is 11.1 Å². The number of pyridine rings is 2. The van der Waals surface area contributed by atoms with E-state index in [1.54, 1.807) is 61.5 Å². The Balaban J connectivity index is 0.677. The van der Waals surface area contributed by atoms with Crippen LogP contribution in [-0.2, 0) is 50.2 Å². The monoisotopic (exact) mass is 1390 g/mol. The second-order valence-electron chi connectivity index (χ2n) is 21.4. The summed E-state index contributed by atoms with van der Waals surface area (Å²) < 4.78 is 131. The van der Waals surface area contributed by atoms with Gasteiger partial charge in [0.2, 0.25) is 0 Å². The van der Waals surface area contributed by atoms with E-state index in [0.29, 0.717) is 33.8 Å². The summed E-state index contributed by atoms with van der Waals surface area (Å²) in [5, 5.41) is 44.4. The number of carbonyl (C=O) groups is 3.